The largest absolute Gasteiger partial charge is 0.348 e. The molecule has 2 aliphatic heterocycles. The van der Waals surface area contributed by atoms with Gasteiger partial charge < -0.3 is 9.88 Å². The number of nitrogens with zero attached hydrogens (tertiary/aromatic N) is 5. The van der Waals surface area contributed by atoms with Crippen LogP contribution in [0.1, 0.15) is 111 Å². The summed E-state index contributed by atoms with van der Waals surface area (Å²) >= 11 is 1.52. The third-order valence-electron chi connectivity index (χ3n) is 8.43. The third-order valence-corrected chi connectivity index (χ3v) is 9.54. The highest BCUT2D eigenvalue weighted by molar-refractivity contribution is 7.12. The Morgan fingerprint density at radius 2 is 1.86 bits per heavy atom. The van der Waals surface area contributed by atoms with Gasteiger partial charge in [0, 0.05) is 41.4 Å². The number of carbonyl (C=O) groups is 1. The van der Waals surface area contributed by atoms with E-state index in [4.69, 9.17) is 0 Å². The molecule has 2 aromatic rings. The topological polar surface area (TPSA) is 86.8 Å². The molecule has 2 saturated heterocycles. The third kappa shape index (κ3) is 5.03. The number of hydrogen-bond donors (Lipinski definition) is 1. The Morgan fingerprint density at radius 1 is 1.14 bits per heavy atom. The lowest BCUT2D eigenvalue weighted by molar-refractivity contribution is -0.125. The SMILES string of the molecule is Cc1nnc(C(C)C)n1C1CC2CCC(C1)N2CC[C@H](NC(=O)C1CCCC1)c1ccc(C#N)s1. The Balaban J connectivity index is 1.27. The van der Waals surface area contributed by atoms with E-state index in [0.29, 0.717) is 28.9 Å². The normalized spacial score (nSPS) is 25.7. The molecule has 0 spiro atoms. The van der Waals surface area contributed by atoms with Crippen molar-refractivity contribution in [3.8, 4) is 6.07 Å². The first kappa shape index (κ1) is 24.5. The number of amides is 1. The Labute approximate surface area is 212 Å². The number of nitrogens with one attached hydrogen (secondary N) is 1. The van der Waals surface area contributed by atoms with Crippen molar-refractivity contribution in [3.63, 3.8) is 0 Å². The number of carbonyl (C=O) groups excluding carboxylic acids is 1. The molecule has 1 N–H and O–H groups in total. The first-order chi connectivity index (χ1) is 16.9. The van der Waals surface area contributed by atoms with E-state index in [1.807, 2.05) is 12.1 Å². The van der Waals surface area contributed by atoms with Crippen molar-refractivity contribution < 1.29 is 4.79 Å². The second kappa shape index (κ2) is 10.4. The zero-order chi connectivity index (χ0) is 24.5. The fraction of sp³-hybridized carbons (Fsp3) is 0.704. The molecule has 1 saturated carbocycles. The summed E-state index contributed by atoms with van der Waals surface area (Å²) in [6.07, 6.45) is 10.00. The molecule has 0 radical (unpaired) electrons. The molecule has 2 aromatic heterocycles. The number of aromatic nitrogens is 3. The molecule has 3 fully saturated rings. The maximum Gasteiger partial charge on any atom is 0.223 e. The molecule has 3 atom stereocenters. The Morgan fingerprint density at radius 3 is 2.49 bits per heavy atom. The molecule has 4 heterocycles. The average Bonchev–Trinajstić information content (AvgIpc) is 3.63. The standard InChI is InChI=1S/C27H38N6OS/c1-17(2)26-31-30-18(3)33(26)22-14-20-8-9-21(15-22)32(20)13-12-24(25-11-10-23(16-28)35-25)29-27(34)19-6-4-5-7-19/h10-11,17,19-22,24H,4-9,12-15H2,1-3H3,(H,29,34)/t20?,21?,22?,24-/m0/s1. The van der Waals surface area contributed by atoms with Crippen LogP contribution in [-0.4, -0.2) is 44.2 Å². The highest BCUT2D eigenvalue weighted by atomic mass is 32.1. The van der Waals surface area contributed by atoms with Crippen molar-refractivity contribution in [3.05, 3.63) is 33.5 Å². The number of rotatable bonds is 8. The molecule has 188 valence electrons. The molecule has 35 heavy (non-hydrogen) atoms. The van der Waals surface area contributed by atoms with E-state index in [-0.39, 0.29) is 17.9 Å². The van der Waals surface area contributed by atoms with Crippen molar-refractivity contribution in [2.24, 2.45) is 5.92 Å². The van der Waals surface area contributed by atoms with Crippen molar-refractivity contribution in [2.45, 2.75) is 109 Å². The summed E-state index contributed by atoms with van der Waals surface area (Å²) in [6, 6.07) is 7.79. The lowest BCUT2D eigenvalue weighted by atomic mass is 9.95. The minimum absolute atomic E-state index is 0.0139. The first-order valence-electron chi connectivity index (χ1n) is 13.4. The summed E-state index contributed by atoms with van der Waals surface area (Å²) < 4.78 is 2.41. The van der Waals surface area contributed by atoms with Crippen LogP contribution in [-0.2, 0) is 4.79 Å². The van der Waals surface area contributed by atoms with Gasteiger partial charge in [-0.15, -0.1) is 21.5 Å². The van der Waals surface area contributed by atoms with Crippen LogP contribution in [0.2, 0.25) is 0 Å². The molecule has 2 unspecified atom stereocenters. The number of hydrogen-bond acceptors (Lipinski definition) is 6. The molecule has 5 rings (SSSR count). The number of nitriles is 1. The summed E-state index contributed by atoms with van der Waals surface area (Å²) in [5.74, 6) is 2.88. The van der Waals surface area contributed by atoms with E-state index in [1.54, 1.807) is 0 Å². The van der Waals surface area contributed by atoms with Crippen LogP contribution in [0.4, 0.5) is 0 Å². The van der Waals surface area contributed by atoms with Gasteiger partial charge in [0.2, 0.25) is 5.91 Å². The second-order valence-electron chi connectivity index (χ2n) is 11.0. The van der Waals surface area contributed by atoms with Gasteiger partial charge in [-0.2, -0.15) is 5.26 Å². The number of piperidine rings is 1. The van der Waals surface area contributed by atoms with E-state index in [9.17, 15) is 10.1 Å². The van der Waals surface area contributed by atoms with Crippen LogP contribution in [0.15, 0.2) is 12.1 Å². The molecule has 1 amide bonds. The van der Waals surface area contributed by atoms with Gasteiger partial charge in [0.1, 0.15) is 22.6 Å². The number of aryl methyl sites for hydroxylation is 1. The average molecular weight is 495 g/mol. The first-order valence-corrected chi connectivity index (χ1v) is 14.2. The van der Waals surface area contributed by atoms with Crippen LogP contribution in [0.5, 0.6) is 0 Å². The van der Waals surface area contributed by atoms with Crippen molar-refractivity contribution in [1.29, 1.82) is 5.26 Å². The maximum absolute atomic E-state index is 13.0. The highest BCUT2D eigenvalue weighted by Crippen LogP contribution is 2.42. The number of thiophene rings is 1. The number of fused-ring (bicyclic) bond motifs is 2. The maximum atomic E-state index is 13.0. The van der Waals surface area contributed by atoms with Crippen molar-refractivity contribution in [2.75, 3.05) is 6.54 Å². The minimum Gasteiger partial charge on any atom is -0.348 e. The lowest BCUT2D eigenvalue weighted by Crippen LogP contribution is -2.45. The van der Waals surface area contributed by atoms with Crippen molar-refractivity contribution in [1.82, 2.24) is 25.0 Å². The zero-order valence-corrected chi connectivity index (χ0v) is 22.1. The smallest absolute Gasteiger partial charge is 0.223 e. The van der Waals surface area contributed by atoms with Gasteiger partial charge in [0.15, 0.2) is 0 Å². The van der Waals surface area contributed by atoms with E-state index >= 15 is 0 Å². The van der Waals surface area contributed by atoms with Gasteiger partial charge >= 0.3 is 0 Å². The molecule has 7 nitrogen and oxygen atoms in total. The summed E-state index contributed by atoms with van der Waals surface area (Å²) in [5.41, 5.74) is 0. The Bertz CT molecular complexity index is 1060. The highest BCUT2D eigenvalue weighted by Gasteiger charge is 2.42. The van der Waals surface area contributed by atoms with Gasteiger partial charge in [-0.3, -0.25) is 9.69 Å². The minimum atomic E-state index is -0.0139. The van der Waals surface area contributed by atoms with Crippen LogP contribution in [0.3, 0.4) is 0 Å². The summed E-state index contributed by atoms with van der Waals surface area (Å²) in [4.78, 5) is 17.5. The van der Waals surface area contributed by atoms with E-state index in [2.05, 4.69) is 51.8 Å². The second-order valence-corrected chi connectivity index (χ2v) is 12.1. The molecular weight excluding hydrogens is 456 g/mol. The quantitative estimate of drug-likeness (QED) is 0.542. The molecule has 2 bridgehead atoms. The molecule has 1 aliphatic carbocycles. The monoisotopic (exact) mass is 494 g/mol. The summed E-state index contributed by atoms with van der Waals surface area (Å²) in [7, 11) is 0. The van der Waals surface area contributed by atoms with E-state index in [1.165, 1.54) is 24.2 Å². The van der Waals surface area contributed by atoms with E-state index in [0.717, 1.165) is 68.0 Å². The van der Waals surface area contributed by atoms with Crippen LogP contribution in [0, 0.1) is 24.2 Å². The Kier molecular flexibility index (Phi) is 7.26. The molecular formula is C27H38N6OS. The van der Waals surface area contributed by atoms with Gasteiger partial charge in [-0.05, 0) is 64.0 Å². The van der Waals surface area contributed by atoms with Crippen LogP contribution < -0.4 is 5.32 Å². The molecule has 3 aliphatic rings. The van der Waals surface area contributed by atoms with Gasteiger partial charge in [0.05, 0.1) is 6.04 Å². The summed E-state index contributed by atoms with van der Waals surface area (Å²) in [6.45, 7) is 7.47. The fourth-order valence-corrected chi connectivity index (χ4v) is 7.58. The predicted molar refractivity (Wildman–Crippen MR) is 137 cm³/mol. The van der Waals surface area contributed by atoms with Crippen LogP contribution in [0.25, 0.3) is 0 Å². The molecule has 8 heteroatoms. The zero-order valence-electron chi connectivity index (χ0n) is 21.2. The van der Waals surface area contributed by atoms with Gasteiger partial charge in [-0.25, -0.2) is 0 Å². The predicted octanol–water partition coefficient (Wildman–Crippen LogP) is 5.25. The Hall–Kier alpha value is -2.24. The van der Waals surface area contributed by atoms with Crippen LogP contribution >= 0.6 is 11.3 Å². The summed E-state index contributed by atoms with van der Waals surface area (Å²) in [5, 5.41) is 21.6. The molecule has 0 aromatic carbocycles. The lowest BCUT2D eigenvalue weighted by Gasteiger charge is -2.40. The fourth-order valence-electron chi connectivity index (χ4n) is 6.69. The van der Waals surface area contributed by atoms with Gasteiger partial charge in [-0.1, -0.05) is 26.7 Å². The van der Waals surface area contributed by atoms with E-state index < -0.39 is 0 Å². The van der Waals surface area contributed by atoms with Crippen molar-refractivity contribution >= 4 is 17.2 Å². The van der Waals surface area contributed by atoms with Gasteiger partial charge in [0.25, 0.3) is 0 Å².